The molecule has 1 unspecified atom stereocenters. The first kappa shape index (κ1) is 13.6. The van der Waals surface area contributed by atoms with E-state index in [1.54, 1.807) is 21.6 Å². The van der Waals surface area contributed by atoms with Crippen molar-refractivity contribution in [3.05, 3.63) is 54.5 Å². The van der Waals surface area contributed by atoms with Crippen molar-refractivity contribution < 1.29 is 4.21 Å². The van der Waals surface area contributed by atoms with Gasteiger partial charge in [-0.25, -0.2) is 0 Å². The first-order valence-corrected chi connectivity index (χ1v) is 8.52. The minimum atomic E-state index is -0.920. The van der Waals surface area contributed by atoms with Crippen molar-refractivity contribution in [2.45, 2.75) is 4.90 Å². The summed E-state index contributed by atoms with van der Waals surface area (Å²) in [6.07, 6.45) is 3.82. The highest BCUT2D eigenvalue weighted by molar-refractivity contribution is 8.77. The molecule has 1 nitrogen and oxygen atoms in total. The molecule has 0 aliphatic carbocycles. The summed E-state index contributed by atoms with van der Waals surface area (Å²) < 4.78 is 11.8. The van der Waals surface area contributed by atoms with Crippen molar-refractivity contribution in [2.75, 3.05) is 11.5 Å². The van der Waals surface area contributed by atoms with E-state index >= 15 is 0 Å². The molecule has 0 fully saturated rings. The molecule has 0 aliphatic heterocycles. The quantitative estimate of drug-likeness (QED) is 0.425. The predicted molar refractivity (Wildman–Crippen MR) is 77.1 cm³/mol. The Labute approximate surface area is 107 Å². The fourth-order valence-corrected chi connectivity index (χ4v) is 3.43. The minimum Gasteiger partial charge on any atom is -0.254 e. The van der Waals surface area contributed by atoms with E-state index in [9.17, 15) is 4.21 Å². The molecule has 1 aromatic carbocycles. The van der Waals surface area contributed by atoms with Gasteiger partial charge in [-0.3, -0.25) is 4.21 Å². The second kappa shape index (κ2) is 8.67. The Morgan fingerprint density at radius 1 is 1.31 bits per heavy atom. The fourth-order valence-electron chi connectivity index (χ4n) is 0.961. The molecule has 0 aromatic heterocycles. The maximum Gasteiger partial charge on any atom is 0.0568 e. The van der Waals surface area contributed by atoms with Gasteiger partial charge in [-0.1, -0.05) is 51.9 Å². The topological polar surface area (TPSA) is 17.1 Å². The van der Waals surface area contributed by atoms with E-state index in [2.05, 4.69) is 6.58 Å². The van der Waals surface area contributed by atoms with Gasteiger partial charge in [0.1, 0.15) is 0 Å². The van der Waals surface area contributed by atoms with Crippen molar-refractivity contribution in [3.63, 3.8) is 0 Å². The van der Waals surface area contributed by atoms with Gasteiger partial charge in [0.25, 0.3) is 0 Å². The molecule has 0 spiro atoms. The van der Waals surface area contributed by atoms with Gasteiger partial charge >= 0.3 is 0 Å². The molecule has 0 N–H and O–H groups in total. The minimum absolute atomic E-state index is 0.575. The molecule has 0 saturated heterocycles. The molecule has 0 bridgehead atoms. The van der Waals surface area contributed by atoms with Gasteiger partial charge in [0.05, 0.1) is 10.8 Å². The van der Waals surface area contributed by atoms with Crippen LogP contribution < -0.4 is 0 Å². The SMILES string of the molecule is C=CCSS/C=C\CS(=O)c1ccccc1. The van der Waals surface area contributed by atoms with Crippen LogP contribution in [0.5, 0.6) is 0 Å². The zero-order chi connectivity index (χ0) is 11.6. The lowest BCUT2D eigenvalue weighted by Crippen LogP contribution is -1.93. The van der Waals surface area contributed by atoms with Crippen molar-refractivity contribution >= 4 is 32.4 Å². The maximum absolute atomic E-state index is 11.8. The van der Waals surface area contributed by atoms with Crippen LogP contribution in [0.25, 0.3) is 0 Å². The summed E-state index contributed by atoms with van der Waals surface area (Å²) in [6, 6.07) is 9.53. The Bertz CT molecular complexity index is 360. The highest BCUT2D eigenvalue weighted by atomic mass is 33.1. The average molecular weight is 270 g/mol. The number of hydrogen-bond acceptors (Lipinski definition) is 3. The third-order valence-electron chi connectivity index (χ3n) is 1.66. The van der Waals surface area contributed by atoms with Crippen molar-refractivity contribution in [1.29, 1.82) is 0 Å². The van der Waals surface area contributed by atoms with Crippen LogP contribution in [0.2, 0.25) is 0 Å². The van der Waals surface area contributed by atoms with Crippen LogP contribution in [0.15, 0.2) is 59.4 Å². The zero-order valence-electron chi connectivity index (χ0n) is 8.87. The summed E-state index contributed by atoms with van der Waals surface area (Å²) in [4.78, 5) is 0.885. The number of benzene rings is 1. The fraction of sp³-hybridized carbons (Fsp3) is 0.167. The van der Waals surface area contributed by atoms with Gasteiger partial charge in [-0.2, -0.15) is 0 Å². The smallest absolute Gasteiger partial charge is 0.0568 e. The molecule has 4 heteroatoms. The molecule has 0 radical (unpaired) electrons. The highest BCUT2D eigenvalue weighted by Gasteiger charge is 1.98. The lowest BCUT2D eigenvalue weighted by molar-refractivity contribution is 0.685. The molecular weight excluding hydrogens is 256 g/mol. The summed E-state index contributed by atoms with van der Waals surface area (Å²) in [5, 5.41) is 1.98. The van der Waals surface area contributed by atoms with Gasteiger partial charge < -0.3 is 0 Å². The molecule has 0 aliphatic rings. The van der Waals surface area contributed by atoms with E-state index < -0.39 is 10.8 Å². The van der Waals surface area contributed by atoms with Crippen LogP contribution in [0, 0.1) is 0 Å². The van der Waals surface area contributed by atoms with E-state index in [-0.39, 0.29) is 0 Å². The summed E-state index contributed by atoms with van der Waals surface area (Å²) in [5.74, 6) is 1.50. The van der Waals surface area contributed by atoms with Crippen molar-refractivity contribution in [1.82, 2.24) is 0 Å². The second-order valence-corrected chi connectivity index (χ2v) is 6.68. The Kier molecular flexibility index (Phi) is 7.38. The first-order chi connectivity index (χ1) is 7.84. The third kappa shape index (κ3) is 5.58. The molecule has 86 valence electrons. The van der Waals surface area contributed by atoms with E-state index in [0.717, 1.165) is 10.6 Å². The standard InChI is InChI=1S/C12H14OS3/c1-2-9-14-15-10-6-11-16(13)12-7-4-3-5-8-12/h2-8,10H,1,9,11H2/b10-6-. The van der Waals surface area contributed by atoms with Gasteiger partial charge in [0, 0.05) is 16.4 Å². The summed E-state index contributed by atoms with van der Waals surface area (Å²) in [6.45, 7) is 3.64. The molecule has 0 saturated carbocycles. The normalized spacial score (nSPS) is 12.8. The van der Waals surface area contributed by atoms with Gasteiger partial charge in [-0.15, -0.1) is 6.58 Å². The lowest BCUT2D eigenvalue weighted by atomic mass is 10.4. The lowest BCUT2D eigenvalue weighted by Gasteiger charge is -1.97. The van der Waals surface area contributed by atoms with Crippen LogP contribution in [0.4, 0.5) is 0 Å². The zero-order valence-corrected chi connectivity index (χ0v) is 11.3. The molecule has 0 amide bonds. The largest absolute Gasteiger partial charge is 0.254 e. The summed E-state index contributed by atoms with van der Waals surface area (Å²) in [5.41, 5.74) is 0. The Morgan fingerprint density at radius 3 is 2.75 bits per heavy atom. The summed E-state index contributed by atoms with van der Waals surface area (Å²) in [7, 11) is 2.44. The monoisotopic (exact) mass is 270 g/mol. The van der Waals surface area contributed by atoms with Crippen LogP contribution in [0.1, 0.15) is 0 Å². The van der Waals surface area contributed by atoms with Crippen LogP contribution in [-0.2, 0) is 10.8 Å². The first-order valence-electron chi connectivity index (χ1n) is 4.82. The Morgan fingerprint density at radius 2 is 2.06 bits per heavy atom. The van der Waals surface area contributed by atoms with Crippen LogP contribution in [-0.4, -0.2) is 15.7 Å². The molecule has 0 heterocycles. The molecule has 1 aromatic rings. The van der Waals surface area contributed by atoms with E-state index in [1.165, 1.54) is 0 Å². The van der Waals surface area contributed by atoms with E-state index in [4.69, 9.17) is 0 Å². The number of rotatable bonds is 7. The average Bonchev–Trinajstić information content (AvgIpc) is 2.34. The van der Waals surface area contributed by atoms with Gasteiger partial charge in [-0.05, 0) is 17.5 Å². The third-order valence-corrected chi connectivity index (χ3v) is 4.91. The molecule has 16 heavy (non-hydrogen) atoms. The Balaban J connectivity index is 2.28. The van der Waals surface area contributed by atoms with Crippen LogP contribution >= 0.6 is 21.6 Å². The highest BCUT2D eigenvalue weighted by Crippen LogP contribution is 2.22. The molecule has 1 atom stereocenters. The van der Waals surface area contributed by atoms with E-state index in [0.29, 0.717) is 5.75 Å². The van der Waals surface area contributed by atoms with E-state index in [1.807, 2.05) is 47.9 Å². The second-order valence-electron chi connectivity index (χ2n) is 2.87. The maximum atomic E-state index is 11.8. The molecule has 1 rings (SSSR count). The van der Waals surface area contributed by atoms with Crippen molar-refractivity contribution in [2.24, 2.45) is 0 Å². The molecular formula is C12H14OS3. The van der Waals surface area contributed by atoms with Crippen molar-refractivity contribution in [3.8, 4) is 0 Å². The van der Waals surface area contributed by atoms with Crippen LogP contribution in [0.3, 0.4) is 0 Å². The summed E-state index contributed by atoms with van der Waals surface area (Å²) >= 11 is 0. The Hall–Kier alpha value is -0.450. The predicted octanol–water partition coefficient (Wildman–Crippen LogP) is 3.88. The van der Waals surface area contributed by atoms with Gasteiger partial charge in [0.15, 0.2) is 0 Å². The van der Waals surface area contributed by atoms with Gasteiger partial charge in [0.2, 0.25) is 0 Å². The number of hydrogen-bond donors (Lipinski definition) is 0.